The van der Waals surface area contributed by atoms with E-state index in [0.29, 0.717) is 24.9 Å². The van der Waals surface area contributed by atoms with Crippen LogP contribution in [0.15, 0.2) is 84.9 Å². The van der Waals surface area contributed by atoms with Crippen LogP contribution in [-0.2, 0) is 18.8 Å². The molecule has 2 saturated heterocycles. The van der Waals surface area contributed by atoms with Crippen LogP contribution in [0.5, 0.6) is 5.75 Å². The molecule has 2 heterocycles. The monoisotopic (exact) mass is 613 g/mol. The molecular formula is C36H43NO6Si. The number of phenols is 1. The Morgan fingerprint density at radius 2 is 1.50 bits per heavy atom. The Labute approximate surface area is 260 Å². The summed E-state index contributed by atoms with van der Waals surface area (Å²) < 4.78 is 13.8. The summed E-state index contributed by atoms with van der Waals surface area (Å²) in [6, 6.07) is 27.6. The van der Waals surface area contributed by atoms with Gasteiger partial charge in [0.15, 0.2) is 5.79 Å². The maximum absolute atomic E-state index is 13.7. The number of likely N-dealkylation sites (tertiary alicyclic amines) is 1. The van der Waals surface area contributed by atoms with Crippen LogP contribution in [0.1, 0.15) is 58.6 Å². The lowest BCUT2D eigenvalue weighted by Gasteiger charge is -2.48. The molecule has 3 fully saturated rings. The van der Waals surface area contributed by atoms with Gasteiger partial charge in [-0.25, -0.2) is 0 Å². The van der Waals surface area contributed by atoms with Crippen LogP contribution >= 0.6 is 0 Å². The highest BCUT2D eigenvalue weighted by Gasteiger charge is 2.67. The molecule has 0 aromatic heterocycles. The van der Waals surface area contributed by atoms with Gasteiger partial charge in [0.1, 0.15) is 5.75 Å². The molecule has 1 aliphatic carbocycles. The number of para-hydroxylation sites is 1. The van der Waals surface area contributed by atoms with E-state index in [1.807, 2.05) is 49.4 Å². The van der Waals surface area contributed by atoms with Gasteiger partial charge in [-0.15, -0.1) is 0 Å². The molecular weight excluding hydrogens is 570 g/mol. The van der Waals surface area contributed by atoms with Crippen molar-refractivity contribution in [3.63, 3.8) is 0 Å². The molecule has 232 valence electrons. The minimum atomic E-state index is -2.96. The largest absolute Gasteiger partial charge is 0.508 e. The van der Waals surface area contributed by atoms with Crippen molar-refractivity contribution >= 4 is 30.5 Å². The molecule has 2 amide bonds. The molecule has 0 unspecified atom stereocenters. The van der Waals surface area contributed by atoms with Crippen LogP contribution in [0.25, 0.3) is 0 Å². The number of carbonyl (C=O) groups is 2. The van der Waals surface area contributed by atoms with E-state index in [9.17, 15) is 19.8 Å². The Kier molecular flexibility index (Phi) is 8.07. The lowest BCUT2D eigenvalue weighted by atomic mass is 9.64. The number of aliphatic hydroxyl groups is 1. The van der Waals surface area contributed by atoms with Gasteiger partial charge in [0.05, 0.1) is 17.9 Å². The smallest absolute Gasteiger partial charge is 0.261 e. The van der Waals surface area contributed by atoms with Crippen LogP contribution in [0.2, 0.25) is 5.04 Å². The SMILES string of the molecule is CCCN1C(=O)[C@H]2[C@H](C[C@H](CO[Si](c3ccccc3)(c3ccccc3)C(C)(C)C)[C@@]3(O)O[C@H](c4ccccc4O)C[C@@H]23)C1=O. The number of hydrogen-bond donors (Lipinski definition) is 2. The van der Waals surface area contributed by atoms with Crippen LogP contribution in [-0.4, -0.2) is 54.2 Å². The van der Waals surface area contributed by atoms with Gasteiger partial charge < -0.3 is 19.4 Å². The first-order valence-corrected chi connectivity index (χ1v) is 17.7. The molecule has 0 spiro atoms. The average molecular weight is 614 g/mol. The topological polar surface area (TPSA) is 96.3 Å². The van der Waals surface area contributed by atoms with Gasteiger partial charge in [-0.2, -0.15) is 0 Å². The first-order valence-electron chi connectivity index (χ1n) is 15.8. The Bertz CT molecular complexity index is 1470. The lowest BCUT2D eigenvalue weighted by Crippen LogP contribution is -2.67. The van der Waals surface area contributed by atoms with Gasteiger partial charge in [0.2, 0.25) is 11.8 Å². The third-order valence-corrected chi connectivity index (χ3v) is 15.1. The van der Waals surface area contributed by atoms with Crippen molar-refractivity contribution in [2.24, 2.45) is 23.7 Å². The molecule has 3 aromatic rings. The molecule has 3 aromatic carbocycles. The molecule has 1 saturated carbocycles. The van der Waals surface area contributed by atoms with E-state index >= 15 is 0 Å². The number of nitrogens with zero attached hydrogens (tertiary/aromatic N) is 1. The van der Waals surface area contributed by atoms with Crippen molar-refractivity contribution < 1.29 is 29.0 Å². The van der Waals surface area contributed by atoms with Gasteiger partial charge in [0, 0.05) is 30.6 Å². The lowest BCUT2D eigenvalue weighted by molar-refractivity contribution is -0.273. The quantitative estimate of drug-likeness (QED) is 0.281. The number of fused-ring (bicyclic) bond motifs is 3. The van der Waals surface area contributed by atoms with Crippen molar-refractivity contribution in [3.8, 4) is 5.75 Å². The van der Waals surface area contributed by atoms with Crippen molar-refractivity contribution in [2.45, 2.75) is 63.9 Å². The first kappa shape index (κ1) is 30.7. The molecule has 2 aliphatic heterocycles. The van der Waals surface area contributed by atoms with Crippen molar-refractivity contribution in [1.29, 1.82) is 0 Å². The molecule has 8 heteroatoms. The van der Waals surface area contributed by atoms with Crippen LogP contribution in [0.4, 0.5) is 0 Å². The zero-order chi connectivity index (χ0) is 31.3. The predicted octanol–water partition coefficient (Wildman–Crippen LogP) is 4.77. The molecule has 2 N–H and O–H groups in total. The van der Waals surface area contributed by atoms with E-state index < -0.39 is 43.9 Å². The summed E-state index contributed by atoms with van der Waals surface area (Å²) in [7, 11) is -2.96. The molecule has 0 bridgehead atoms. The molecule has 6 rings (SSSR count). The number of amides is 2. The Morgan fingerprint density at radius 1 is 0.909 bits per heavy atom. The highest BCUT2D eigenvalue weighted by Crippen LogP contribution is 2.59. The van der Waals surface area contributed by atoms with E-state index in [4.69, 9.17) is 9.16 Å². The Hall–Kier alpha value is -3.30. The minimum absolute atomic E-state index is 0.0813. The first-order chi connectivity index (χ1) is 21.0. The van der Waals surface area contributed by atoms with E-state index in [-0.39, 0.29) is 35.6 Å². The van der Waals surface area contributed by atoms with Gasteiger partial charge >= 0.3 is 0 Å². The summed E-state index contributed by atoms with van der Waals surface area (Å²) in [4.78, 5) is 28.8. The minimum Gasteiger partial charge on any atom is -0.508 e. The molecule has 0 radical (unpaired) electrons. The Morgan fingerprint density at radius 3 is 2.07 bits per heavy atom. The number of benzene rings is 3. The second kappa shape index (κ2) is 11.6. The molecule has 7 nitrogen and oxygen atoms in total. The third-order valence-electron chi connectivity index (χ3n) is 10.1. The Balaban J connectivity index is 1.42. The van der Waals surface area contributed by atoms with Crippen molar-refractivity contribution in [2.75, 3.05) is 13.2 Å². The molecule has 44 heavy (non-hydrogen) atoms. The normalized spacial score (nSPS) is 28.7. The summed E-state index contributed by atoms with van der Waals surface area (Å²) in [5, 5.41) is 25.2. The summed E-state index contributed by atoms with van der Waals surface area (Å²) in [6.07, 6.45) is 0.657. The number of phenolic OH excluding ortho intramolecular Hbond substituents is 1. The second-order valence-corrected chi connectivity index (χ2v) is 17.9. The van der Waals surface area contributed by atoms with Crippen molar-refractivity contribution in [1.82, 2.24) is 4.90 Å². The maximum atomic E-state index is 13.7. The zero-order valence-electron chi connectivity index (χ0n) is 26.0. The van der Waals surface area contributed by atoms with Gasteiger partial charge in [-0.05, 0) is 40.7 Å². The predicted molar refractivity (Wildman–Crippen MR) is 171 cm³/mol. The summed E-state index contributed by atoms with van der Waals surface area (Å²) in [5.74, 6) is -4.40. The number of rotatable bonds is 8. The number of aromatic hydroxyl groups is 1. The van der Waals surface area contributed by atoms with Crippen LogP contribution < -0.4 is 10.4 Å². The fourth-order valence-electron chi connectivity index (χ4n) is 8.12. The summed E-state index contributed by atoms with van der Waals surface area (Å²) in [6.45, 7) is 9.09. The maximum Gasteiger partial charge on any atom is 0.261 e. The molecule has 3 aliphatic rings. The zero-order valence-corrected chi connectivity index (χ0v) is 27.0. The number of ether oxygens (including phenoxy) is 1. The summed E-state index contributed by atoms with van der Waals surface area (Å²) >= 11 is 0. The summed E-state index contributed by atoms with van der Waals surface area (Å²) in [5.41, 5.74) is 0.570. The number of hydrogen-bond acceptors (Lipinski definition) is 6. The third kappa shape index (κ3) is 4.83. The van der Waals surface area contributed by atoms with E-state index in [2.05, 4.69) is 45.0 Å². The fraction of sp³-hybridized carbons (Fsp3) is 0.444. The standard InChI is InChI=1S/C36H43NO6Si/c1-5-20-37-33(39)28-21-24(36(41)29(32(28)34(37)40)22-31(43-36)27-18-12-13-19-30(27)38)23-42-44(35(2,3)4,25-14-8-6-9-15-25)26-16-10-7-11-17-26/h6-19,24,28-29,31-32,38,41H,5,20-23H2,1-4H3/t24-,28+,29+,31+,32+,36-/m1/s1. The van der Waals surface area contributed by atoms with Gasteiger partial charge in [-0.3, -0.25) is 14.5 Å². The molecule has 6 atom stereocenters. The second-order valence-electron chi connectivity index (χ2n) is 13.6. The van der Waals surface area contributed by atoms with Crippen molar-refractivity contribution in [3.05, 3.63) is 90.5 Å². The highest BCUT2D eigenvalue weighted by atomic mass is 28.4. The van der Waals surface area contributed by atoms with Gasteiger partial charge in [-0.1, -0.05) is 107 Å². The highest BCUT2D eigenvalue weighted by molar-refractivity contribution is 6.99. The fourth-order valence-corrected chi connectivity index (χ4v) is 12.7. The number of carbonyl (C=O) groups excluding carboxylic acids is 2. The van der Waals surface area contributed by atoms with Gasteiger partial charge in [0.25, 0.3) is 8.32 Å². The average Bonchev–Trinajstić information content (AvgIpc) is 3.48. The van der Waals surface area contributed by atoms with E-state index in [1.165, 1.54) is 4.90 Å². The number of imide groups is 1. The van der Waals surface area contributed by atoms with E-state index in [0.717, 1.165) is 10.4 Å². The van der Waals surface area contributed by atoms with Crippen LogP contribution in [0.3, 0.4) is 0 Å². The van der Waals surface area contributed by atoms with Crippen LogP contribution in [0, 0.1) is 23.7 Å². The van der Waals surface area contributed by atoms with E-state index in [1.54, 1.807) is 18.2 Å².